The van der Waals surface area contributed by atoms with Crippen molar-refractivity contribution in [3.63, 3.8) is 0 Å². The van der Waals surface area contributed by atoms with Gasteiger partial charge in [0.1, 0.15) is 0 Å². The van der Waals surface area contributed by atoms with Crippen LogP contribution in [-0.4, -0.2) is 14.9 Å². The van der Waals surface area contributed by atoms with Gasteiger partial charge in [-0.15, -0.1) is 0 Å². The second kappa shape index (κ2) is 5.18. The van der Waals surface area contributed by atoms with Gasteiger partial charge in [-0.05, 0) is 37.7 Å². The topological polar surface area (TPSA) is 41.9 Å². The van der Waals surface area contributed by atoms with E-state index in [0.29, 0.717) is 5.11 Å². The van der Waals surface area contributed by atoms with Gasteiger partial charge in [-0.1, -0.05) is 18.2 Å². The van der Waals surface area contributed by atoms with E-state index >= 15 is 0 Å². The van der Waals surface area contributed by atoms with Crippen LogP contribution in [0.4, 0.5) is 11.4 Å². The summed E-state index contributed by atoms with van der Waals surface area (Å²) >= 11 is 5.29. The molecule has 0 atom stereocenters. The van der Waals surface area contributed by atoms with E-state index in [9.17, 15) is 0 Å². The highest BCUT2D eigenvalue weighted by molar-refractivity contribution is 7.80. The molecule has 0 amide bonds. The summed E-state index contributed by atoms with van der Waals surface area (Å²) in [6.07, 6.45) is 1.90. The zero-order valence-corrected chi connectivity index (χ0v) is 11.5. The van der Waals surface area contributed by atoms with Gasteiger partial charge in [-0.25, -0.2) is 0 Å². The van der Waals surface area contributed by atoms with Gasteiger partial charge in [0, 0.05) is 18.9 Å². The number of aryl methyl sites for hydroxylation is 3. The minimum absolute atomic E-state index is 0.570. The number of nitrogens with one attached hydrogen (secondary N) is 2. The Morgan fingerprint density at radius 3 is 2.44 bits per heavy atom. The fraction of sp³-hybridized carbons (Fsp3) is 0.231. The highest BCUT2D eigenvalue weighted by Crippen LogP contribution is 2.15. The van der Waals surface area contributed by atoms with E-state index in [4.69, 9.17) is 12.2 Å². The molecule has 0 unspecified atom stereocenters. The fourth-order valence-electron chi connectivity index (χ4n) is 1.71. The van der Waals surface area contributed by atoms with Crippen LogP contribution in [0.2, 0.25) is 0 Å². The maximum atomic E-state index is 5.29. The quantitative estimate of drug-likeness (QED) is 0.815. The van der Waals surface area contributed by atoms with E-state index in [1.807, 2.05) is 51.4 Å². The van der Waals surface area contributed by atoms with Gasteiger partial charge < -0.3 is 10.6 Å². The molecule has 2 rings (SSSR count). The third kappa shape index (κ3) is 2.87. The first kappa shape index (κ1) is 12.6. The summed E-state index contributed by atoms with van der Waals surface area (Å²) < 4.78 is 1.76. The SMILES string of the molecule is Cc1ccccc1NC(=S)Nc1cn(C)nc1C. The van der Waals surface area contributed by atoms with Gasteiger partial charge in [0.15, 0.2) is 5.11 Å². The molecule has 0 spiro atoms. The smallest absolute Gasteiger partial charge is 0.175 e. The minimum atomic E-state index is 0.570. The molecule has 94 valence electrons. The molecule has 0 aliphatic carbocycles. The van der Waals surface area contributed by atoms with Gasteiger partial charge in [0.2, 0.25) is 0 Å². The number of thiocarbonyl (C=S) groups is 1. The Balaban J connectivity index is 2.06. The van der Waals surface area contributed by atoms with Crippen molar-refractivity contribution < 1.29 is 0 Å². The molecule has 0 radical (unpaired) electrons. The number of rotatable bonds is 2. The van der Waals surface area contributed by atoms with E-state index in [1.165, 1.54) is 0 Å². The van der Waals surface area contributed by atoms with Crippen molar-refractivity contribution in [1.29, 1.82) is 0 Å². The molecular weight excluding hydrogens is 244 g/mol. The maximum Gasteiger partial charge on any atom is 0.175 e. The summed E-state index contributed by atoms with van der Waals surface area (Å²) in [4.78, 5) is 0. The predicted octanol–water partition coefficient (Wildman–Crippen LogP) is 2.85. The van der Waals surface area contributed by atoms with Gasteiger partial charge >= 0.3 is 0 Å². The van der Waals surface area contributed by atoms with Crippen LogP contribution in [-0.2, 0) is 7.05 Å². The van der Waals surface area contributed by atoms with Crippen LogP contribution in [0.3, 0.4) is 0 Å². The Morgan fingerprint density at radius 1 is 1.17 bits per heavy atom. The Labute approximate surface area is 112 Å². The zero-order chi connectivity index (χ0) is 13.1. The summed E-state index contributed by atoms with van der Waals surface area (Å²) in [5.74, 6) is 0. The number of hydrogen-bond donors (Lipinski definition) is 2. The van der Waals surface area contributed by atoms with Crippen molar-refractivity contribution in [3.8, 4) is 0 Å². The molecule has 5 heteroatoms. The molecule has 1 aromatic carbocycles. The van der Waals surface area contributed by atoms with E-state index in [0.717, 1.165) is 22.6 Å². The van der Waals surface area contributed by atoms with Gasteiger partial charge in [0.25, 0.3) is 0 Å². The van der Waals surface area contributed by atoms with Crippen LogP contribution in [0.15, 0.2) is 30.5 Å². The fourth-order valence-corrected chi connectivity index (χ4v) is 1.93. The first-order valence-corrected chi connectivity index (χ1v) is 6.11. The molecule has 0 aliphatic rings. The zero-order valence-electron chi connectivity index (χ0n) is 10.7. The first-order valence-electron chi connectivity index (χ1n) is 5.70. The minimum Gasteiger partial charge on any atom is -0.332 e. The average Bonchev–Trinajstić information content (AvgIpc) is 2.61. The van der Waals surface area contributed by atoms with Gasteiger partial charge in [0.05, 0.1) is 11.4 Å². The van der Waals surface area contributed by atoms with Crippen LogP contribution in [0.5, 0.6) is 0 Å². The van der Waals surface area contributed by atoms with E-state index in [-0.39, 0.29) is 0 Å². The monoisotopic (exact) mass is 260 g/mol. The lowest BCUT2D eigenvalue weighted by Gasteiger charge is -2.11. The summed E-state index contributed by atoms with van der Waals surface area (Å²) in [7, 11) is 1.88. The van der Waals surface area contributed by atoms with E-state index < -0.39 is 0 Å². The van der Waals surface area contributed by atoms with Crippen LogP contribution < -0.4 is 10.6 Å². The van der Waals surface area contributed by atoms with Gasteiger partial charge in [-0.2, -0.15) is 5.10 Å². The van der Waals surface area contributed by atoms with Gasteiger partial charge in [-0.3, -0.25) is 4.68 Å². The Hall–Kier alpha value is -1.88. The normalized spacial score (nSPS) is 10.2. The van der Waals surface area contributed by atoms with Crippen LogP contribution >= 0.6 is 12.2 Å². The summed E-state index contributed by atoms with van der Waals surface area (Å²) in [5.41, 5.74) is 4.01. The summed E-state index contributed by atoms with van der Waals surface area (Å²) in [6.45, 7) is 3.99. The lowest BCUT2D eigenvalue weighted by Crippen LogP contribution is -2.19. The molecule has 0 saturated heterocycles. The number of para-hydroxylation sites is 1. The molecule has 2 aromatic rings. The molecular formula is C13H16N4S. The van der Waals surface area contributed by atoms with Crippen molar-refractivity contribution in [3.05, 3.63) is 41.7 Å². The molecule has 18 heavy (non-hydrogen) atoms. The lowest BCUT2D eigenvalue weighted by atomic mass is 10.2. The van der Waals surface area contributed by atoms with Crippen molar-refractivity contribution >= 4 is 28.7 Å². The van der Waals surface area contributed by atoms with Crippen LogP contribution in [0, 0.1) is 13.8 Å². The molecule has 0 fully saturated rings. The number of hydrogen-bond acceptors (Lipinski definition) is 2. The Bertz CT molecular complexity index is 574. The number of aromatic nitrogens is 2. The largest absolute Gasteiger partial charge is 0.332 e. The average molecular weight is 260 g/mol. The van der Waals surface area contributed by atoms with Crippen molar-refractivity contribution in [2.24, 2.45) is 7.05 Å². The Kier molecular flexibility index (Phi) is 3.62. The van der Waals surface area contributed by atoms with Crippen molar-refractivity contribution in [2.75, 3.05) is 10.6 Å². The summed E-state index contributed by atoms with van der Waals surface area (Å²) in [6, 6.07) is 8.02. The number of anilines is 2. The lowest BCUT2D eigenvalue weighted by molar-refractivity contribution is 0.756. The second-order valence-corrected chi connectivity index (χ2v) is 4.60. The van der Waals surface area contributed by atoms with Crippen LogP contribution in [0.1, 0.15) is 11.3 Å². The molecule has 1 aromatic heterocycles. The molecule has 4 nitrogen and oxygen atoms in total. The molecule has 0 aliphatic heterocycles. The number of benzene rings is 1. The third-order valence-corrected chi connectivity index (χ3v) is 2.86. The predicted molar refractivity (Wildman–Crippen MR) is 79.0 cm³/mol. The number of nitrogens with zero attached hydrogens (tertiary/aromatic N) is 2. The molecule has 0 bridgehead atoms. The van der Waals surface area contributed by atoms with Crippen LogP contribution in [0.25, 0.3) is 0 Å². The molecule has 0 saturated carbocycles. The van der Waals surface area contributed by atoms with E-state index in [1.54, 1.807) is 4.68 Å². The Morgan fingerprint density at radius 2 is 1.83 bits per heavy atom. The molecule has 1 heterocycles. The highest BCUT2D eigenvalue weighted by atomic mass is 32.1. The first-order chi connectivity index (χ1) is 8.56. The third-order valence-electron chi connectivity index (χ3n) is 2.65. The summed E-state index contributed by atoms with van der Waals surface area (Å²) in [5, 5.41) is 11.1. The second-order valence-electron chi connectivity index (χ2n) is 4.20. The van der Waals surface area contributed by atoms with Crippen molar-refractivity contribution in [1.82, 2.24) is 9.78 Å². The molecule has 2 N–H and O–H groups in total. The maximum absolute atomic E-state index is 5.29. The van der Waals surface area contributed by atoms with Crippen molar-refractivity contribution in [2.45, 2.75) is 13.8 Å². The standard InChI is InChI=1S/C13H16N4S/c1-9-6-4-5-7-11(9)14-13(18)15-12-8-17(3)16-10(12)2/h4-8H,1-3H3,(H2,14,15,18). The highest BCUT2D eigenvalue weighted by Gasteiger charge is 2.05. The van der Waals surface area contributed by atoms with E-state index in [2.05, 4.69) is 15.7 Å².